The minimum absolute atomic E-state index is 0.104. The van der Waals surface area contributed by atoms with E-state index in [9.17, 15) is 14.0 Å². The predicted molar refractivity (Wildman–Crippen MR) is 112 cm³/mol. The van der Waals surface area contributed by atoms with Crippen LogP contribution in [0, 0.1) is 5.82 Å². The molecular formula is C23H21FN4O2. The third-order valence-electron chi connectivity index (χ3n) is 5.73. The van der Waals surface area contributed by atoms with Crippen molar-refractivity contribution in [3.8, 4) is 0 Å². The SMILES string of the molecule is O=C(CN1N=C(c2ccc(F)cc2)Cn2c(cc3ccccc32)C1=O)N1CCCC1. The van der Waals surface area contributed by atoms with E-state index in [1.807, 2.05) is 34.9 Å². The van der Waals surface area contributed by atoms with Crippen LogP contribution in [-0.4, -0.2) is 51.6 Å². The van der Waals surface area contributed by atoms with Crippen LogP contribution in [0.5, 0.6) is 0 Å². The second-order valence-electron chi connectivity index (χ2n) is 7.68. The smallest absolute Gasteiger partial charge is 0.291 e. The monoisotopic (exact) mass is 404 g/mol. The minimum atomic E-state index is -0.336. The first-order chi connectivity index (χ1) is 14.6. The number of hydrogen-bond donors (Lipinski definition) is 0. The van der Waals surface area contributed by atoms with Gasteiger partial charge in [0.15, 0.2) is 0 Å². The van der Waals surface area contributed by atoms with Gasteiger partial charge < -0.3 is 9.47 Å². The molecule has 3 heterocycles. The number of rotatable bonds is 3. The van der Waals surface area contributed by atoms with Crippen LogP contribution in [0.1, 0.15) is 28.9 Å². The van der Waals surface area contributed by atoms with Gasteiger partial charge in [0.25, 0.3) is 5.91 Å². The Labute approximate surface area is 173 Å². The molecule has 0 unspecified atom stereocenters. The first kappa shape index (κ1) is 18.5. The highest BCUT2D eigenvalue weighted by Crippen LogP contribution is 2.25. The average molecular weight is 404 g/mol. The van der Waals surface area contributed by atoms with Gasteiger partial charge in [-0.3, -0.25) is 9.59 Å². The number of para-hydroxylation sites is 1. The largest absolute Gasteiger partial charge is 0.341 e. The minimum Gasteiger partial charge on any atom is -0.341 e. The number of carbonyl (C=O) groups excluding carboxylic acids is 2. The van der Waals surface area contributed by atoms with E-state index < -0.39 is 0 Å². The van der Waals surface area contributed by atoms with Crippen molar-refractivity contribution in [1.82, 2.24) is 14.5 Å². The van der Waals surface area contributed by atoms with Crippen molar-refractivity contribution >= 4 is 28.4 Å². The number of benzene rings is 2. The van der Waals surface area contributed by atoms with Crippen LogP contribution >= 0.6 is 0 Å². The number of hydrazone groups is 1. The van der Waals surface area contributed by atoms with Gasteiger partial charge in [-0.2, -0.15) is 5.10 Å². The summed E-state index contributed by atoms with van der Waals surface area (Å²) in [7, 11) is 0. The zero-order valence-electron chi connectivity index (χ0n) is 16.4. The lowest BCUT2D eigenvalue weighted by Crippen LogP contribution is -2.39. The van der Waals surface area contributed by atoms with Crippen LogP contribution in [0.3, 0.4) is 0 Å². The van der Waals surface area contributed by atoms with Gasteiger partial charge >= 0.3 is 0 Å². The summed E-state index contributed by atoms with van der Waals surface area (Å²) < 4.78 is 15.4. The van der Waals surface area contributed by atoms with Gasteiger partial charge in [0.05, 0.1) is 12.3 Å². The molecule has 6 nitrogen and oxygen atoms in total. The fourth-order valence-electron chi connectivity index (χ4n) is 4.16. The number of hydrogen-bond acceptors (Lipinski definition) is 3. The Hall–Kier alpha value is -3.48. The molecule has 1 aromatic heterocycles. The highest BCUT2D eigenvalue weighted by molar-refractivity contribution is 6.07. The highest BCUT2D eigenvalue weighted by atomic mass is 19.1. The van der Waals surface area contributed by atoms with E-state index in [4.69, 9.17) is 0 Å². The molecule has 3 aromatic rings. The van der Waals surface area contributed by atoms with E-state index in [0.717, 1.165) is 36.8 Å². The lowest BCUT2D eigenvalue weighted by Gasteiger charge is -2.20. The fraction of sp³-hybridized carbons (Fsp3) is 0.261. The molecule has 1 saturated heterocycles. The third kappa shape index (κ3) is 3.26. The first-order valence-corrected chi connectivity index (χ1v) is 10.1. The number of carbonyl (C=O) groups is 2. The Morgan fingerprint density at radius 3 is 2.53 bits per heavy atom. The van der Waals surface area contributed by atoms with Crippen LogP contribution in [0.4, 0.5) is 4.39 Å². The van der Waals surface area contributed by atoms with Crippen molar-refractivity contribution in [3.05, 3.63) is 71.7 Å². The van der Waals surface area contributed by atoms with Gasteiger partial charge in [0, 0.05) is 24.0 Å². The van der Waals surface area contributed by atoms with Crippen LogP contribution in [-0.2, 0) is 11.3 Å². The second kappa shape index (κ2) is 7.40. The van der Waals surface area contributed by atoms with Gasteiger partial charge in [-0.1, -0.05) is 30.3 Å². The zero-order valence-corrected chi connectivity index (χ0v) is 16.4. The van der Waals surface area contributed by atoms with Gasteiger partial charge in [0.1, 0.15) is 18.1 Å². The predicted octanol–water partition coefficient (Wildman–Crippen LogP) is 3.26. The first-order valence-electron chi connectivity index (χ1n) is 10.1. The molecule has 2 aliphatic rings. The Bertz CT molecular complexity index is 1160. The maximum Gasteiger partial charge on any atom is 0.291 e. The van der Waals surface area contributed by atoms with Crippen molar-refractivity contribution in [1.29, 1.82) is 0 Å². The topological polar surface area (TPSA) is 57.9 Å². The van der Waals surface area contributed by atoms with Gasteiger partial charge in [0.2, 0.25) is 5.91 Å². The summed E-state index contributed by atoms with van der Waals surface area (Å²) in [4.78, 5) is 27.9. The van der Waals surface area contributed by atoms with E-state index in [2.05, 4.69) is 5.10 Å². The molecule has 2 amide bonds. The summed E-state index contributed by atoms with van der Waals surface area (Å²) in [6, 6.07) is 15.7. The Kier molecular flexibility index (Phi) is 4.58. The summed E-state index contributed by atoms with van der Waals surface area (Å²) in [5.74, 6) is -0.749. The van der Waals surface area contributed by atoms with Crippen molar-refractivity contribution in [2.75, 3.05) is 19.6 Å². The molecule has 0 bridgehead atoms. The number of likely N-dealkylation sites (tertiary alicyclic amines) is 1. The molecule has 0 N–H and O–H groups in total. The number of aromatic nitrogens is 1. The molecule has 0 atom stereocenters. The summed E-state index contributed by atoms with van der Waals surface area (Å²) in [5.41, 5.74) is 2.74. The second-order valence-corrected chi connectivity index (χ2v) is 7.68. The van der Waals surface area contributed by atoms with Crippen LogP contribution in [0.2, 0.25) is 0 Å². The summed E-state index contributed by atoms with van der Waals surface area (Å²) in [6.07, 6.45) is 1.97. The maximum atomic E-state index is 13.5. The standard InChI is InChI=1S/C23H21FN4O2/c24-18-9-7-16(8-10-18)19-14-27-20-6-2-1-5-17(20)13-21(27)23(30)28(25-19)15-22(29)26-11-3-4-12-26/h1-2,5-10,13H,3-4,11-12,14-15H2. The molecule has 2 aliphatic heterocycles. The van der Waals surface area contributed by atoms with Crippen LogP contribution < -0.4 is 0 Å². The Morgan fingerprint density at radius 2 is 1.77 bits per heavy atom. The quantitative estimate of drug-likeness (QED) is 0.673. The van der Waals surface area contributed by atoms with Crippen molar-refractivity contribution in [2.45, 2.75) is 19.4 Å². The van der Waals surface area contributed by atoms with Gasteiger partial charge in [-0.15, -0.1) is 0 Å². The molecule has 0 spiro atoms. The molecule has 152 valence electrons. The average Bonchev–Trinajstić information content (AvgIpc) is 3.39. The molecule has 1 fully saturated rings. The summed E-state index contributed by atoms with van der Waals surface area (Å²) in [5, 5.41) is 6.78. The number of nitrogens with zero attached hydrogens (tertiary/aromatic N) is 4. The van der Waals surface area contributed by atoms with E-state index in [1.54, 1.807) is 17.0 Å². The van der Waals surface area contributed by atoms with Gasteiger partial charge in [-0.05, 0) is 42.7 Å². The van der Waals surface area contributed by atoms with E-state index in [-0.39, 0.29) is 24.2 Å². The van der Waals surface area contributed by atoms with E-state index in [0.29, 0.717) is 23.5 Å². The van der Waals surface area contributed by atoms with E-state index >= 15 is 0 Å². The number of amides is 2. The number of fused-ring (bicyclic) bond motifs is 3. The zero-order chi connectivity index (χ0) is 20.7. The fourth-order valence-corrected chi connectivity index (χ4v) is 4.16. The highest BCUT2D eigenvalue weighted by Gasteiger charge is 2.29. The van der Waals surface area contributed by atoms with Gasteiger partial charge in [-0.25, -0.2) is 9.40 Å². The van der Waals surface area contributed by atoms with E-state index in [1.165, 1.54) is 17.1 Å². The Balaban J connectivity index is 1.59. The summed E-state index contributed by atoms with van der Waals surface area (Å²) >= 11 is 0. The Morgan fingerprint density at radius 1 is 1.03 bits per heavy atom. The third-order valence-corrected chi connectivity index (χ3v) is 5.73. The molecular weight excluding hydrogens is 383 g/mol. The maximum absolute atomic E-state index is 13.5. The normalized spacial score (nSPS) is 16.6. The lowest BCUT2D eigenvalue weighted by molar-refractivity contribution is -0.130. The van der Waals surface area contributed by atoms with Crippen molar-refractivity contribution in [2.24, 2.45) is 5.10 Å². The number of halogens is 1. The molecule has 0 saturated carbocycles. The van der Waals surface area contributed by atoms with Crippen LogP contribution in [0.15, 0.2) is 59.7 Å². The molecule has 0 radical (unpaired) electrons. The van der Waals surface area contributed by atoms with Crippen molar-refractivity contribution < 1.29 is 14.0 Å². The van der Waals surface area contributed by atoms with Crippen molar-refractivity contribution in [3.63, 3.8) is 0 Å². The van der Waals surface area contributed by atoms with Crippen LogP contribution in [0.25, 0.3) is 10.9 Å². The molecule has 2 aromatic carbocycles. The molecule has 5 rings (SSSR count). The molecule has 0 aliphatic carbocycles. The summed E-state index contributed by atoms with van der Waals surface area (Å²) in [6.45, 7) is 1.69. The lowest BCUT2D eigenvalue weighted by atomic mass is 10.1. The molecule has 30 heavy (non-hydrogen) atoms. The molecule has 7 heteroatoms.